The van der Waals surface area contributed by atoms with Crippen LogP contribution in [0.5, 0.6) is 5.75 Å². The lowest BCUT2D eigenvalue weighted by atomic mass is 10.1. The minimum Gasteiger partial charge on any atom is -0.488 e. The molecule has 0 bridgehead atoms. The van der Waals surface area contributed by atoms with Gasteiger partial charge in [-0.15, -0.1) is 0 Å². The van der Waals surface area contributed by atoms with Gasteiger partial charge in [0.15, 0.2) is 0 Å². The fourth-order valence-electron chi connectivity index (χ4n) is 2.88. The Bertz CT molecular complexity index is 1050. The molecule has 0 unspecified atom stereocenters. The van der Waals surface area contributed by atoms with Gasteiger partial charge in [0.2, 0.25) is 0 Å². The Labute approximate surface area is 162 Å². The molecule has 0 N–H and O–H groups in total. The average molecular weight is 372 g/mol. The van der Waals surface area contributed by atoms with E-state index in [4.69, 9.17) is 9.47 Å². The van der Waals surface area contributed by atoms with Crippen LogP contribution in [0.2, 0.25) is 0 Å². The van der Waals surface area contributed by atoms with Gasteiger partial charge in [0.05, 0.1) is 5.57 Å². The zero-order chi connectivity index (χ0) is 19.3. The summed E-state index contributed by atoms with van der Waals surface area (Å²) in [6.07, 6.45) is 3.39. The van der Waals surface area contributed by atoms with Gasteiger partial charge in [-0.2, -0.15) is 0 Å². The summed E-state index contributed by atoms with van der Waals surface area (Å²) in [5, 5.41) is 0. The van der Waals surface area contributed by atoms with Gasteiger partial charge in [-0.25, -0.2) is 9.18 Å². The first-order valence-corrected chi connectivity index (χ1v) is 8.86. The van der Waals surface area contributed by atoms with Crippen molar-refractivity contribution in [1.29, 1.82) is 0 Å². The van der Waals surface area contributed by atoms with Crippen LogP contribution < -0.4 is 4.74 Å². The molecule has 4 heteroatoms. The topological polar surface area (TPSA) is 35.5 Å². The Kier molecular flexibility index (Phi) is 5.02. The highest BCUT2D eigenvalue weighted by molar-refractivity contribution is 6.05. The van der Waals surface area contributed by atoms with Crippen LogP contribution >= 0.6 is 0 Å². The summed E-state index contributed by atoms with van der Waals surface area (Å²) >= 11 is 0. The quantitative estimate of drug-likeness (QED) is 0.445. The lowest BCUT2D eigenvalue weighted by Crippen LogP contribution is -1.99. The highest BCUT2D eigenvalue weighted by atomic mass is 19.1. The van der Waals surface area contributed by atoms with Gasteiger partial charge in [-0.05, 0) is 48.0 Å². The molecule has 0 radical (unpaired) electrons. The van der Waals surface area contributed by atoms with Crippen molar-refractivity contribution >= 4 is 17.8 Å². The molecule has 0 amide bonds. The molecular weight excluding hydrogens is 355 g/mol. The minimum absolute atomic E-state index is 0.339. The Hall–Kier alpha value is -3.66. The van der Waals surface area contributed by atoms with E-state index >= 15 is 0 Å². The number of esters is 1. The molecule has 1 aliphatic heterocycles. The minimum atomic E-state index is -0.447. The first kappa shape index (κ1) is 17.7. The number of benzene rings is 3. The number of rotatable bonds is 5. The van der Waals surface area contributed by atoms with E-state index in [0.29, 0.717) is 29.3 Å². The molecule has 0 spiro atoms. The van der Waals surface area contributed by atoms with E-state index < -0.39 is 5.97 Å². The van der Waals surface area contributed by atoms with E-state index in [0.717, 1.165) is 11.1 Å². The maximum atomic E-state index is 13.1. The maximum absolute atomic E-state index is 13.1. The molecule has 0 atom stereocenters. The molecule has 3 aromatic carbocycles. The summed E-state index contributed by atoms with van der Waals surface area (Å²) in [6.45, 7) is 0.433. The molecule has 0 saturated carbocycles. The second-order valence-corrected chi connectivity index (χ2v) is 6.32. The van der Waals surface area contributed by atoms with E-state index in [1.165, 1.54) is 12.1 Å². The van der Waals surface area contributed by atoms with Crippen molar-refractivity contribution in [3.63, 3.8) is 0 Å². The lowest BCUT2D eigenvalue weighted by Gasteiger charge is -2.09. The lowest BCUT2D eigenvalue weighted by molar-refractivity contribution is -0.130. The van der Waals surface area contributed by atoms with E-state index in [-0.39, 0.29) is 5.82 Å². The molecule has 3 nitrogen and oxygen atoms in total. The molecule has 138 valence electrons. The van der Waals surface area contributed by atoms with Crippen LogP contribution in [0, 0.1) is 5.82 Å². The van der Waals surface area contributed by atoms with Gasteiger partial charge >= 0.3 is 5.97 Å². The Morgan fingerprint density at radius 2 is 1.61 bits per heavy atom. The normalized spacial score (nSPS) is 14.7. The zero-order valence-electron chi connectivity index (χ0n) is 15.0. The van der Waals surface area contributed by atoms with Crippen LogP contribution in [0.1, 0.15) is 16.7 Å². The SMILES string of the molecule is O=C1OC(c2ccc(F)cc2)=C/C1=C\c1ccccc1OCc1ccccc1. The smallest absolute Gasteiger partial charge is 0.343 e. The summed E-state index contributed by atoms with van der Waals surface area (Å²) in [5.41, 5.74) is 2.90. The largest absolute Gasteiger partial charge is 0.488 e. The van der Waals surface area contributed by atoms with Crippen molar-refractivity contribution < 1.29 is 18.7 Å². The first-order chi connectivity index (χ1) is 13.7. The molecule has 1 aliphatic rings. The van der Waals surface area contributed by atoms with Gasteiger partial charge in [-0.3, -0.25) is 0 Å². The fourth-order valence-corrected chi connectivity index (χ4v) is 2.88. The van der Waals surface area contributed by atoms with Crippen molar-refractivity contribution in [2.75, 3.05) is 0 Å². The van der Waals surface area contributed by atoms with Gasteiger partial charge in [-0.1, -0.05) is 48.5 Å². The third-order valence-electron chi connectivity index (χ3n) is 4.32. The standard InChI is InChI=1S/C24H17FO3/c25-21-12-10-18(11-13-21)23-15-20(24(26)28-23)14-19-8-4-5-9-22(19)27-16-17-6-2-1-3-7-17/h1-15H,16H2/b20-14+. The van der Waals surface area contributed by atoms with Crippen molar-refractivity contribution in [2.24, 2.45) is 0 Å². The molecule has 1 heterocycles. The molecule has 4 rings (SSSR count). The average Bonchev–Trinajstić information content (AvgIpc) is 3.09. The Morgan fingerprint density at radius 1 is 0.893 bits per heavy atom. The summed E-state index contributed by atoms with van der Waals surface area (Å²) in [4.78, 5) is 12.3. The third kappa shape index (κ3) is 4.01. The number of carbonyl (C=O) groups excluding carboxylic acids is 1. The highest BCUT2D eigenvalue weighted by Gasteiger charge is 2.22. The third-order valence-corrected chi connectivity index (χ3v) is 4.32. The predicted molar refractivity (Wildman–Crippen MR) is 106 cm³/mol. The van der Waals surface area contributed by atoms with E-state index in [1.807, 2.05) is 54.6 Å². The first-order valence-electron chi connectivity index (χ1n) is 8.86. The van der Waals surface area contributed by atoms with Crippen molar-refractivity contribution in [3.8, 4) is 5.75 Å². The molecular formula is C24H17FO3. The molecule has 0 saturated heterocycles. The van der Waals surface area contributed by atoms with Crippen LogP contribution in [-0.4, -0.2) is 5.97 Å². The number of hydrogen-bond acceptors (Lipinski definition) is 3. The van der Waals surface area contributed by atoms with Crippen molar-refractivity contribution in [2.45, 2.75) is 6.61 Å². The second-order valence-electron chi connectivity index (χ2n) is 6.32. The predicted octanol–water partition coefficient (Wildman–Crippen LogP) is 5.39. The second kappa shape index (κ2) is 7.92. The van der Waals surface area contributed by atoms with Gasteiger partial charge < -0.3 is 9.47 Å². The number of hydrogen-bond donors (Lipinski definition) is 0. The van der Waals surface area contributed by atoms with Crippen LogP contribution in [0.25, 0.3) is 11.8 Å². The van der Waals surface area contributed by atoms with Crippen LogP contribution in [0.3, 0.4) is 0 Å². The van der Waals surface area contributed by atoms with Gasteiger partial charge in [0.1, 0.15) is 23.9 Å². The molecule has 0 fully saturated rings. The van der Waals surface area contributed by atoms with Crippen LogP contribution in [-0.2, 0) is 16.1 Å². The molecule has 0 aliphatic carbocycles. The molecule has 0 aromatic heterocycles. The highest BCUT2D eigenvalue weighted by Crippen LogP contribution is 2.29. The summed E-state index contributed by atoms with van der Waals surface area (Å²) in [6, 6.07) is 23.2. The van der Waals surface area contributed by atoms with E-state index in [9.17, 15) is 9.18 Å². The molecule has 3 aromatic rings. The maximum Gasteiger partial charge on any atom is 0.343 e. The molecule has 28 heavy (non-hydrogen) atoms. The summed E-state index contributed by atoms with van der Waals surface area (Å²) < 4.78 is 24.4. The number of para-hydroxylation sites is 1. The van der Waals surface area contributed by atoms with Gasteiger partial charge in [0.25, 0.3) is 0 Å². The van der Waals surface area contributed by atoms with Crippen molar-refractivity contribution in [3.05, 3.63) is 113 Å². The number of cyclic esters (lactones) is 1. The summed E-state index contributed by atoms with van der Waals surface area (Å²) in [7, 11) is 0. The Morgan fingerprint density at radius 3 is 2.39 bits per heavy atom. The Balaban J connectivity index is 1.58. The fraction of sp³-hybridized carbons (Fsp3) is 0.0417. The van der Waals surface area contributed by atoms with Crippen LogP contribution in [0.15, 0.2) is 90.5 Å². The summed E-state index contributed by atoms with van der Waals surface area (Å²) in [5.74, 6) is 0.292. The van der Waals surface area contributed by atoms with E-state index in [2.05, 4.69) is 0 Å². The van der Waals surface area contributed by atoms with Crippen molar-refractivity contribution in [1.82, 2.24) is 0 Å². The number of ether oxygens (including phenoxy) is 2. The number of carbonyl (C=O) groups is 1. The van der Waals surface area contributed by atoms with E-state index in [1.54, 1.807) is 24.3 Å². The van der Waals surface area contributed by atoms with Crippen LogP contribution in [0.4, 0.5) is 4.39 Å². The van der Waals surface area contributed by atoms with Gasteiger partial charge in [0, 0.05) is 11.1 Å². The zero-order valence-corrected chi connectivity index (χ0v) is 15.0. The monoisotopic (exact) mass is 372 g/mol. The number of halogens is 1.